The van der Waals surface area contributed by atoms with Gasteiger partial charge in [0.25, 0.3) is 0 Å². The van der Waals surface area contributed by atoms with Crippen LogP contribution in [0.3, 0.4) is 0 Å². The molecule has 1 saturated heterocycles. The molecule has 0 radical (unpaired) electrons. The van der Waals surface area contributed by atoms with Gasteiger partial charge in [-0.1, -0.05) is 35.4 Å². The number of thioether (sulfide) groups is 1. The van der Waals surface area contributed by atoms with E-state index in [1.165, 1.54) is 10.5 Å². The Morgan fingerprint density at radius 3 is 2.79 bits per heavy atom. The van der Waals surface area contributed by atoms with Crippen LogP contribution in [0, 0.1) is 13.8 Å². The molecule has 1 amide bonds. The second kappa shape index (κ2) is 9.32. The lowest BCUT2D eigenvalue weighted by Gasteiger charge is -2.29. The Balaban J connectivity index is 1.60. The molecule has 2 unspecified atom stereocenters. The van der Waals surface area contributed by atoms with Crippen LogP contribution in [-0.2, 0) is 4.79 Å². The number of halogens is 1. The van der Waals surface area contributed by atoms with Crippen LogP contribution < -0.4 is 21.7 Å². The van der Waals surface area contributed by atoms with E-state index in [0.29, 0.717) is 11.4 Å². The largest absolute Gasteiger partial charge is 0.370 e. The minimum Gasteiger partial charge on any atom is -0.370 e. The third kappa shape index (κ3) is 5.64. The van der Waals surface area contributed by atoms with Crippen LogP contribution in [0.25, 0.3) is 0 Å². The summed E-state index contributed by atoms with van der Waals surface area (Å²) in [6, 6.07) is 13.9. The average Bonchev–Trinajstić information content (AvgIpc) is 2.64. The summed E-state index contributed by atoms with van der Waals surface area (Å²) in [6.07, 6.45) is -0.164. The lowest BCUT2D eigenvalue weighted by molar-refractivity contribution is -0.124. The maximum absolute atomic E-state index is 12.1. The van der Waals surface area contributed by atoms with Crippen molar-refractivity contribution in [1.82, 2.24) is 10.6 Å². The summed E-state index contributed by atoms with van der Waals surface area (Å²) in [7, 11) is 0. The number of carbonyl (C=O) groups is 1. The highest BCUT2D eigenvalue weighted by atomic mass is 35.5. The number of rotatable bonds is 5. The van der Waals surface area contributed by atoms with Gasteiger partial charge in [0, 0.05) is 33.8 Å². The Labute approximate surface area is 174 Å². The number of amides is 1. The molecular weight excluding hydrogens is 394 g/mol. The van der Waals surface area contributed by atoms with Crippen molar-refractivity contribution in [1.29, 1.82) is 0 Å². The Hall–Kier alpha value is -2.22. The number of carbonyl (C=O) groups excluding carboxylic acids is 1. The van der Waals surface area contributed by atoms with E-state index in [1.807, 2.05) is 25.1 Å². The fourth-order valence-corrected chi connectivity index (χ4v) is 3.93. The van der Waals surface area contributed by atoms with Gasteiger partial charge in [-0.2, -0.15) is 0 Å². The van der Waals surface area contributed by atoms with E-state index in [1.54, 1.807) is 11.8 Å². The molecule has 28 heavy (non-hydrogen) atoms. The highest BCUT2D eigenvalue weighted by Crippen LogP contribution is 2.23. The van der Waals surface area contributed by atoms with Gasteiger partial charge in [-0.15, -0.1) is 11.8 Å². The van der Waals surface area contributed by atoms with Crippen molar-refractivity contribution in [3.05, 3.63) is 58.6 Å². The Kier molecular flexibility index (Phi) is 6.83. The van der Waals surface area contributed by atoms with Crippen molar-refractivity contribution >= 4 is 40.9 Å². The molecule has 8 heteroatoms. The topological polar surface area (TPSA) is 91.5 Å². The zero-order chi connectivity index (χ0) is 20.1. The minimum absolute atomic E-state index is 0.00880. The summed E-state index contributed by atoms with van der Waals surface area (Å²) in [5.41, 5.74) is 8.92. The first kappa shape index (κ1) is 20.5. The van der Waals surface area contributed by atoms with Gasteiger partial charge in [0.2, 0.25) is 5.91 Å². The molecule has 6 nitrogen and oxygen atoms in total. The van der Waals surface area contributed by atoms with Crippen molar-refractivity contribution in [3.8, 4) is 0 Å². The SMILES string of the molecule is Cc1ccc(SCC2CC(=O)NC(/N=C(\N)Nc3cccc(Cl)c3C)N2)cc1. The summed E-state index contributed by atoms with van der Waals surface area (Å²) >= 11 is 7.84. The fourth-order valence-electron chi connectivity index (χ4n) is 2.82. The van der Waals surface area contributed by atoms with Gasteiger partial charge in [-0.05, 0) is 43.7 Å². The molecule has 0 spiro atoms. The van der Waals surface area contributed by atoms with E-state index in [4.69, 9.17) is 17.3 Å². The number of nitrogens with one attached hydrogen (secondary N) is 3. The molecule has 1 fully saturated rings. The molecule has 3 rings (SSSR count). The normalized spacial score (nSPS) is 20.0. The number of anilines is 1. The van der Waals surface area contributed by atoms with E-state index >= 15 is 0 Å². The molecule has 2 atom stereocenters. The van der Waals surface area contributed by atoms with E-state index in [-0.39, 0.29) is 17.9 Å². The van der Waals surface area contributed by atoms with Crippen molar-refractivity contribution in [3.63, 3.8) is 0 Å². The highest BCUT2D eigenvalue weighted by Gasteiger charge is 2.25. The lowest BCUT2D eigenvalue weighted by atomic mass is 10.2. The van der Waals surface area contributed by atoms with Crippen LogP contribution in [0.5, 0.6) is 0 Å². The first-order valence-electron chi connectivity index (χ1n) is 9.01. The predicted octanol–water partition coefficient (Wildman–Crippen LogP) is 3.24. The molecule has 148 valence electrons. The monoisotopic (exact) mass is 417 g/mol. The maximum atomic E-state index is 12.1. The van der Waals surface area contributed by atoms with Crippen LogP contribution in [-0.4, -0.2) is 30.0 Å². The number of aryl methyl sites for hydroxylation is 1. The number of aliphatic imine (C=N–C) groups is 1. The number of guanidine groups is 1. The van der Waals surface area contributed by atoms with Crippen LogP contribution in [0.4, 0.5) is 5.69 Å². The van der Waals surface area contributed by atoms with Crippen molar-refractivity contribution in [2.24, 2.45) is 10.7 Å². The van der Waals surface area contributed by atoms with Crippen LogP contribution >= 0.6 is 23.4 Å². The summed E-state index contributed by atoms with van der Waals surface area (Å²) in [5, 5.41) is 9.81. The molecule has 1 aliphatic heterocycles. The molecule has 1 aliphatic rings. The highest BCUT2D eigenvalue weighted by molar-refractivity contribution is 7.99. The molecule has 0 bridgehead atoms. The third-order valence-electron chi connectivity index (χ3n) is 4.39. The van der Waals surface area contributed by atoms with Gasteiger partial charge < -0.3 is 16.4 Å². The molecule has 0 saturated carbocycles. The Morgan fingerprint density at radius 1 is 1.29 bits per heavy atom. The second-order valence-corrected chi connectivity index (χ2v) is 8.21. The molecule has 2 aromatic rings. The van der Waals surface area contributed by atoms with Gasteiger partial charge in [0.05, 0.1) is 0 Å². The molecule has 2 aromatic carbocycles. The zero-order valence-electron chi connectivity index (χ0n) is 15.8. The van der Waals surface area contributed by atoms with Crippen LogP contribution in [0.15, 0.2) is 52.4 Å². The zero-order valence-corrected chi connectivity index (χ0v) is 17.4. The quantitative estimate of drug-likeness (QED) is 0.340. The van der Waals surface area contributed by atoms with Crippen molar-refractivity contribution in [2.75, 3.05) is 11.1 Å². The summed E-state index contributed by atoms with van der Waals surface area (Å²) in [5.74, 6) is 0.923. The van der Waals surface area contributed by atoms with E-state index in [0.717, 1.165) is 17.0 Å². The van der Waals surface area contributed by atoms with Crippen molar-refractivity contribution in [2.45, 2.75) is 37.5 Å². The summed E-state index contributed by atoms with van der Waals surface area (Å²) in [4.78, 5) is 17.6. The number of benzene rings is 2. The van der Waals surface area contributed by atoms with E-state index in [2.05, 4.69) is 52.1 Å². The fraction of sp³-hybridized carbons (Fsp3) is 0.300. The third-order valence-corrected chi connectivity index (χ3v) is 5.98. The Morgan fingerprint density at radius 2 is 2.04 bits per heavy atom. The van der Waals surface area contributed by atoms with Gasteiger partial charge in [-0.25, -0.2) is 4.99 Å². The molecule has 0 aliphatic carbocycles. The van der Waals surface area contributed by atoms with Gasteiger partial charge in [-0.3, -0.25) is 10.1 Å². The number of nitrogens with two attached hydrogens (primary N) is 1. The van der Waals surface area contributed by atoms with Gasteiger partial charge >= 0.3 is 0 Å². The molecule has 1 heterocycles. The lowest BCUT2D eigenvalue weighted by Crippen LogP contribution is -2.57. The van der Waals surface area contributed by atoms with Gasteiger partial charge in [0.1, 0.15) is 0 Å². The predicted molar refractivity (Wildman–Crippen MR) is 117 cm³/mol. The average molecular weight is 418 g/mol. The first-order chi connectivity index (χ1) is 13.4. The number of hydrogen-bond donors (Lipinski definition) is 4. The van der Waals surface area contributed by atoms with Gasteiger partial charge in [0.15, 0.2) is 12.2 Å². The smallest absolute Gasteiger partial charge is 0.224 e. The number of nitrogens with zero attached hydrogens (tertiary/aromatic N) is 1. The summed E-state index contributed by atoms with van der Waals surface area (Å²) < 4.78 is 0. The van der Waals surface area contributed by atoms with Crippen LogP contribution in [0.2, 0.25) is 5.02 Å². The van der Waals surface area contributed by atoms with Crippen molar-refractivity contribution < 1.29 is 4.79 Å². The summed E-state index contributed by atoms with van der Waals surface area (Å²) in [6.45, 7) is 3.96. The second-order valence-electron chi connectivity index (χ2n) is 6.71. The number of hydrogen-bond acceptors (Lipinski definition) is 4. The van der Waals surface area contributed by atoms with E-state index in [9.17, 15) is 4.79 Å². The van der Waals surface area contributed by atoms with E-state index < -0.39 is 6.29 Å². The maximum Gasteiger partial charge on any atom is 0.224 e. The molecule has 5 N–H and O–H groups in total. The molecular formula is C20H24ClN5OS. The minimum atomic E-state index is -0.572. The standard InChI is InChI=1S/C20H24ClN5OS/c1-12-6-8-15(9-7-12)28-11-14-10-18(27)25-20(23-14)26-19(22)24-17-5-3-4-16(21)13(17)2/h3-9,14,20,23H,10-11H2,1-2H3,(H,25,27)(H3,22,24,26). The van der Waals surface area contributed by atoms with Crippen LogP contribution in [0.1, 0.15) is 17.5 Å². The molecule has 0 aromatic heterocycles. The Bertz CT molecular complexity index is 871. The first-order valence-corrected chi connectivity index (χ1v) is 10.4.